The molecule has 0 unspecified atom stereocenters. The van der Waals surface area contributed by atoms with Crippen LogP contribution in [0.25, 0.3) is 12.3 Å². The summed E-state index contributed by atoms with van der Waals surface area (Å²) in [7, 11) is 1.62. The fourth-order valence-electron chi connectivity index (χ4n) is 2.69. The Hall–Kier alpha value is -3.81. The van der Waals surface area contributed by atoms with Gasteiger partial charge in [-0.25, -0.2) is 8.78 Å². The van der Waals surface area contributed by atoms with Gasteiger partial charge in [-0.2, -0.15) is 9.97 Å². The van der Waals surface area contributed by atoms with Crippen LogP contribution in [0.3, 0.4) is 0 Å². The zero-order valence-electron chi connectivity index (χ0n) is 15.8. The molecule has 3 rings (SSSR count). The SMILES string of the molecule is C=N/C=c1/nc(Oc2ccc(N(C)c3cc(F)ccc3F)cc2)nc(O)/c1=C/C. The van der Waals surface area contributed by atoms with Gasteiger partial charge in [0.05, 0.1) is 22.5 Å². The second kappa shape index (κ2) is 8.47. The van der Waals surface area contributed by atoms with Gasteiger partial charge in [0.25, 0.3) is 0 Å². The Morgan fingerprint density at radius 3 is 2.52 bits per heavy atom. The van der Waals surface area contributed by atoms with E-state index in [0.29, 0.717) is 22.0 Å². The Morgan fingerprint density at radius 1 is 1.14 bits per heavy atom. The van der Waals surface area contributed by atoms with E-state index >= 15 is 0 Å². The van der Waals surface area contributed by atoms with Gasteiger partial charge in [-0.05, 0) is 50.0 Å². The van der Waals surface area contributed by atoms with Crippen LogP contribution in [0.5, 0.6) is 17.6 Å². The van der Waals surface area contributed by atoms with E-state index in [-0.39, 0.29) is 17.6 Å². The zero-order chi connectivity index (χ0) is 21.0. The van der Waals surface area contributed by atoms with Crippen LogP contribution in [0.15, 0.2) is 47.5 Å². The summed E-state index contributed by atoms with van der Waals surface area (Å²) in [5.74, 6) is -0.914. The number of halogens is 2. The molecule has 6 nitrogen and oxygen atoms in total. The summed E-state index contributed by atoms with van der Waals surface area (Å²) >= 11 is 0. The summed E-state index contributed by atoms with van der Waals surface area (Å²) < 4.78 is 33.0. The predicted octanol–water partition coefficient (Wildman–Crippen LogP) is 3.26. The van der Waals surface area contributed by atoms with E-state index in [1.807, 2.05) is 0 Å². The summed E-state index contributed by atoms with van der Waals surface area (Å²) in [6, 6.07) is 9.78. The average Bonchev–Trinajstić information content (AvgIpc) is 2.70. The van der Waals surface area contributed by atoms with Gasteiger partial charge in [0.2, 0.25) is 5.88 Å². The van der Waals surface area contributed by atoms with Crippen LogP contribution < -0.4 is 20.2 Å². The maximum absolute atomic E-state index is 14.0. The van der Waals surface area contributed by atoms with E-state index in [9.17, 15) is 13.9 Å². The van der Waals surface area contributed by atoms with Gasteiger partial charge < -0.3 is 14.7 Å². The minimum Gasteiger partial charge on any atom is -0.493 e. The molecule has 3 aromatic rings. The Balaban J connectivity index is 1.87. The fraction of sp³-hybridized carbons (Fsp3) is 0.0952. The maximum atomic E-state index is 14.0. The van der Waals surface area contributed by atoms with Crippen molar-refractivity contribution in [2.75, 3.05) is 11.9 Å². The molecule has 1 N–H and O–H groups in total. The molecule has 0 spiro atoms. The molecule has 0 aliphatic heterocycles. The van der Waals surface area contributed by atoms with Crippen LogP contribution >= 0.6 is 0 Å². The van der Waals surface area contributed by atoms with Crippen molar-refractivity contribution in [2.24, 2.45) is 4.99 Å². The number of aromatic nitrogens is 2. The second-order valence-corrected chi connectivity index (χ2v) is 5.98. The lowest BCUT2D eigenvalue weighted by Gasteiger charge is -2.20. The number of nitrogens with zero attached hydrogens (tertiary/aromatic N) is 4. The molecule has 0 saturated carbocycles. The lowest BCUT2D eigenvalue weighted by Crippen LogP contribution is -2.29. The Labute approximate surface area is 165 Å². The molecule has 0 atom stereocenters. The third kappa shape index (κ3) is 4.37. The highest BCUT2D eigenvalue weighted by Gasteiger charge is 2.12. The highest BCUT2D eigenvalue weighted by atomic mass is 19.1. The van der Waals surface area contributed by atoms with Crippen molar-refractivity contribution in [3.05, 3.63) is 64.7 Å². The largest absolute Gasteiger partial charge is 0.493 e. The Morgan fingerprint density at radius 2 is 1.86 bits per heavy atom. The van der Waals surface area contributed by atoms with Crippen LogP contribution in [-0.2, 0) is 0 Å². The summed E-state index contributed by atoms with van der Waals surface area (Å²) in [6.07, 6.45) is 3.03. The molecule has 0 aliphatic rings. The van der Waals surface area contributed by atoms with E-state index in [1.54, 1.807) is 44.3 Å². The van der Waals surface area contributed by atoms with Crippen LogP contribution in [0, 0.1) is 11.6 Å². The fourth-order valence-corrected chi connectivity index (χ4v) is 2.69. The van der Waals surface area contributed by atoms with Crippen molar-refractivity contribution < 1.29 is 18.6 Å². The summed E-state index contributed by atoms with van der Waals surface area (Å²) in [6.45, 7) is 5.11. The first-order valence-electron chi connectivity index (χ1n) is 8.59. The molecule has 0 saturated heterocycles. The lowest BCUT2D eigenvalue weighted by molar-refractivity contribution is 0.400. The molecular weight excluding hydrogens is 378 g/mol. The maximum Gasteiger partial charge on any atom is 0.325 e. The first-order chi connectivity index (χ1) is 13.9. The molecule has 1 aromatic heterocycles. The normalized spacial score (nSPS) is 12.1. The number of ether oxygens (including phenoxy) is 1. The third-order valence-electron chi connectivity index (χ3n) is 4.14. The molecule has 2 aromatic carbocycles. The monoisotopic (exact) mass is 396 g/mol. The van der Waals surface area contributed by atoms with Crippen LogP contribution in [0.2, 0.25) is 0 Å². The van der Waals surface area contributed by atoms with Gasteiger partial charge in [0, 0.05) is 18.8 Å². The van der Waals surface area contributed by atoms with Gasteiger partial charge >= 0.3 is 6.01 Å². The van der Waals surface area contributed by atoms with Crippen molar-refractivity contribution in [1.29, 1.82) is 0 Å². The number of hydrogen-bond acceptors (Lipinski definition) is 6. The Bertz CT molecular complexity index is 1160. The van der Waals surface area contributed by atoms with E-state index in [4.69, 9.17) is 4.74 Å². The van der Waals surface area contributed by atoms with Crippen LogP contribution in [0.1, 0.15) is 6.92 Å². The second-order valence-electron chi connectivity index (χ2n) is 5.98. The molecule has 0 amide bonds. The van der Waals surface area contributed by atoms with Gasteiger partial charge in [0.15, 0.2) is 0 Å². The molecule has 29 heavy (non-hydrogen) atoms. The van der Waals surface area contributed by atoms with Gasteiger partial charge in [0.1, 0.15) is 17.4 Å². The predicted molar refractivity (Wildman–Crippen MR) is 108 cm³/mol. The number of benzene rings is 2. The molecule has 8 heteroatoms. The number of hydrogen-bond donors (Lipinski definition) is 1. The molecule has 0 aliphatic carbocycles. The summed E-state index contributed by atoms with van der Waals surface area (Å²) in [5, 5.41) is 10.8. The first kappa shape index (κ1) is 19.9. The minimum atomic E-state index is -0.537. The lowest BCUT2D eigenvalue weighted by atomic mass is 10.2. The first-order valence-corrected chi connectivity index (χ1v) is 8.59. The van der Waals surface area contributed by atoms with E-state index in [2.05, 4.69) is 21.7 Å². The molecular formula is C21H18F2N4O2. The van der Waals surface area contributed by atoms with E-state index < -0.39 is 11.6 Å². The summed E-state index contributed by atoms with van der Waals surface area (Å²) in [4.78, 5) is 13.3. The molecule has 1 heterocycles. The van der Waals surface area contributed by atoms with Gasteiger partial charge in [-0.3, -0.25) is 4.99 Å². The number of aliphatic imine (C=N–C) groups is 1. The number of aromatic hydroxyl groups is 1. The highest BCUT2D eigenvalue weighted by Crippen LogP contribution is 2.29. The number of anilines is 2. The highest BCUT2D eigenvalue weighted by molar-refractivity contribution is 5.63. The molecule has 0 bridgehead atoms. The smallest absolute Gasteiger partial charge is 0.325 e. The average molecular weight is 396 g/mol. The van der Waals surface area contributed by atoms with Crippen molar-refractivity contribution >= 4 is 30.4 Å². The molecule has 0 fully saturated rings. The number of rotatable bonds is 5. The standard InChI is InChI=1S/C21H18F2N4O2/c1-4-16-18(12-24-2)25-21(26-20(16)28)29-15-8-6-14(7-9-15)27(3)19-11-13(22)5-10-17(19)23/h4-12H,2H2,1,3H3,(H,25,26,28)/b16-4+,18-12+. The quantitative estimate of drug-likeness (QED) is 0.671. The van der Waals surface area contributed by atoms with Crippen molar-refractivity contribution in [3.63, 3.8) is 0 Å². The van der Waals surface area contributed by atoms with E-state index in [1.165, 1.54) is 11.1 Å². The molecule has 148 valence electrons. The van der Waals surface area contributed by atoms with E-state index in [0.717, 1.165) is 18.2 Å². The van der Waals surface area contributed by atoms with Crippen molar-refractivity contribution in [3.8, 4) is 17.6 Å². The zero-order valence-corrected chi connectivity index (χ0v) is 15.8. The van der Waals surface area contributed by atoms with Gasteiger partial charge in [-0.15, -0.1) is 0 Å². The third-order valence-corrected chi connectivity index (χ3v) is 4.14. The van der Waals surface area contributed by atoms with Crippen LogP contribution in [0.4, 0.5) is 20.2 Å². The topological polar surface area (TPSA) is 70.8 Å². The summed E-state index contributed by atoms with van der Waals surface area (Å²) in [5.41, 5.74) is 0.724. The van der Waals surface area contributed by atoms with Gasteiger partial charge in [-0.1, -0.05) is 6.08 Å². The molecule has 0 radical (unpaired) electrons. The van der Waals surface area contributed by atoms with Crippen molar-refractivity contribution in [1.82, 2.24) is 9.97 Å². The van der Waals surface area contributed by atoms with Crippen LogP contribution in [-0.4, -0.2) is 28.8 Å². The minimum absolute atomic E-state index is 0.0692. The Kier molecular flexibility index (Phi) is 5.82. The van der Waals surface area contributed by atoms with Crippen molar-refractivity contribution in [2.45, 2.75) is 6.92 Å².